The molecule has 1 aromatic carbocycles. The number of hydrogen-bond donors (Lipinski definition) is 1. The molecule has 2 aromatic rings. The molecule has 0 radical (unpaired) electrons. The van der Waals surface area contributed by atoms with E-state index in [1.54, 1.807) is 0 Å². The summed E-state index contributed by atoms with van der Waals surface area (Å²) in [6, 6.07) is 4.39. The van der Waals surface area contributed by atoms with Crippen molar-refractivity contribution in [3.8, 4) is 0 Å². The molecule has 0 bridgehead atoms. The minimum Gasteiger partial charge on any atom is -0.330 e. The number of aryl methyl sites for hydroxylation is 4. The molecule has 94 valence electrons. The quantitative estimate of drug-likeness (QED) is 0.914. The van der Waals surface area contributed by atoms with E-state index in [9.17, 15) is 0 Å². The standard InChI is InChI=1S/C13H19N3.ClH/c1-9-7-12-13(8-10(9)2)16(6-4-5-14)11(3)15-12;/h7-8H,4-6,14H2,1-3H3;1H. The van der Waals surface area contributed by atoms with Gasteiger partial charge in [0, 0.05) is 6.54 Å². The van der Waals surface area contributed by atoms with Gasteiger partial charge in [-0.15, -0.1) is 12.4 Å². The van der Waals surface area contributed by atoms with E-state index in [2.05, 4.69) is 42.5 Å². The Balaban J connectivity index is 0.00000144. The molecular formula is C13H20ClN3. The van der Waals surface area contributed by atoms with Crippen molar-refractivity contribution in [2.24, 2.45) is 5.73 Å². The van der Waals surface area contributed by atoms with Crippen LogP contribution in [0.15, 0.2) is 12.1 Å². The van der Waals surface area contributed by atoms with E-state index in [4.69, 9.17) is 5.73 Å². The zero-order chi connectivity index (χ0) is 11.7. The van der Waals surface area contributed by atoms with E-state index in [0.717, 1.165) is 30.9 Å². The van der Waals surface area contributed by atoms with Crippen molar-refractivity contribution >= 4 is 23.4 Å². The molecule has 1 heterocycles. The Hall–Kier alpha value is -1.06. The minimum absolute atomic E-state index is 0. The molecule has 2 N–H and O–H groups in total. The summed E-state index contributed by atoms with van der Waals surface area (Å²) in [6.07, 6.45) is 0.999. The Morgan fingerprint density at radius 1 is 1.18 bits per heavy atom. The Labute approximate surface area is 108 Å². The van der Waals surface area contributed by atoms with Gasteiger partial charge in [-0.2, -0.15) is 0 Å². The first-order valence-corrected chi connectivity index (χ1v) is 5.77. The summed E-state index contributed by atoms with van der Waals surface area (Å²) in [5.74, 6) is 1.08. The zero-order valence-corrected chi connectivity index (χ0v) is 11.5. The van der Waals surface area contributed by atoms with Crippen LogP contribution < -0.4 is 5.73 Å². The van der Waals surface area contributed by atoms with E-state index >= 15 is 0 Å². The Morgan fingerprint density at radius 3 is 2.47 bits per heavy atom. The van der Waals surface area contributed by atoms with Crippen molar-refractivity contribution in [1.29, 1.82) is 0 Å². The van der Waals surface area contributed by atoms with Crippen LogP contribution in [0.2, 0.25) is 0 Å². The first-order valence-electron chi connectivity index (χ1n) is 5.77. The van der Waals surface area contributed by atoms with E-state index in [1.807, 2.05) is 0 Å². The van der Waals surface area contributed by atoms with Gasteiger partial charge in [-0.05, 0) is 57.0 Å². The van der Waals surface area contributed by atoms with Gasteiger partial charge >= 0.3 is 0 Å². The third-order valence-electron chi connectivity index (χ3n) is 3.14. The molecule has 0 aliphatic rings. The highest BCUT2D eigenvalue weighted by atomic mass is 35.5. The Kier molecular flexibility index (Phi) is 4.54. The summed E-state index contributed by atoms with van der Waals surface area (Å²) in [5.41, 5.74) is 10.5. The third kappa shape index (κ3) is 2.61. The summed E-state index contributed by atoms with van der Waals surface area (Å²) in [4.78, 5) is 4.59. The maximum absolute atomic E-state index is 5.56. The lowest BCUT2D eigenvalue weighted by Crippen LogP contribution is -2.07. The molecule has 0 aliphatic heterocycles. The molecule has 1 aromatic heterocycles. The van der Waals surface area contributed by atoms with Crippen LogP contribution in [-0.2, 0) is 6.54 Å². The van der Waals surface area contributed by atoms with Gasteiger partial charge in [0.15, 0.2) is 0 Å². The number of aromatic nitrogens is 2. The number of benzene rings is 1. The van der Waals surface area contributed by atoms with Crippen LogP contribution in [0.25, 0.3) is 11.0 Å². The molecule has 0 fully saturated rings. The van der Waals surface area contributed by atoms with Crippen molar-refractivity contribution in [1.82, 2.24) is 9.55 Å². The van der Waals surface area contributed by atoms with Crippen molar-refractivity contribution in [2.75, 3.05) is 6.54 Å². The second-order valence-corrected chi connectivity index (χ2v) is 4.38. The van der Waals surface area contributed by atoms with Crippen LogP contribution in [0.4, 0.5) is 0 Å². The third-order valence-corrected chi connectivity index (χ3v) is 3.14. The number of nitrogens with zero attached hydrogens (tertiary/aromatic N) is 2. The maximum Gasteiger partial charge on any atom is 0.106 e. The van der Waals surface area contributed by atoms with Gasteiger partial charge in [-0.25, -0.2) is 4.98 Å². The second kappa shape index (κ2) is 5.52. The first kappa shape index (κ1) is 14.0. The van der Waals surface area contributed by atoms with E-state index in [-0.39, 0.29) is 12.4 Å². The van der Waals surface area contributed by atoms with Crippen molar-refractivity contribution in [3.05, 3.63) is 29.1 Å². The second-order valence-electron chi connectivity index (χ2n) is 4.38. The van der Waals surface area contributed by atoms with Gasteiger partial charge in [-0.3, -0.25) is 0 Å². The highest BCUT2D eigenvalue weighted by molar-refractivity contribution is 5.85. The van der Waals surface area contributed by atoms with Gasteiger partial charge in [0.2, 0.25) is 0 Å². The molecule has 17 heavy (non-hydrogen) atoms. The van der Waals surface area contributed by atoms with Crippen LogP contribution in [0, 0.1) is 20.8 Å². The number of imidazole rings is 1. The molecule has 4 heteroatoms. The number of hydrogen-bond acceptors (Lipinski definition) is 2. The Bertz CT molecular complexity index is 517. The number of halogens is 1. The van der Waals surface area contributed by atoms with E-state index < -0.39 is 0 Å². The van der Waals surface area contributed by atoms with Gasteiger partial charge in [0.1, 0.15) is 5.82 Å². The summed E-state index contributed by atoms with van der Waals surface area (Å²) >= 11 is 0. The minimum atomic E-state index is 0. The fourth-order valence-corrected chi connectivity index (χ4v) is 2.03. The number of nitrogens with two attached hydrogens (primary N) is 1. The molecule has 0 spiro atoms. The average Bonchev–Trinajstić information content (AvgIpc) is 2.52. The fourth-order valence-electron chi connectivity index (χ4n) is 2.03. The zero-order valence-electron chi connectivity index (χ0n) is 10.7. The molecule has 0 atom stereocenters. The van der Waals surface area contributed by atoms with Gasteiger partial charge in [-0.1, -0.05) is 0 Å². The van der Waals surface area contributed by atoms with Gasteiger partial charge in [0.05, 0.1) is 11.0 Å². The first-order chi connectivity index (χ1) is 7.63. The summed E-state index contributed by atoms with van der Waals surface area (Å²) in [5, 5.41) is 0. The van der Waals surface area contributed by atoms with Crippen LogP contribution in [-0.4, -0.2) is 16.1 Å². The Morgan fingerprint density at radius 2 is 1.82 bits per heavy atom. The smallest absolute Gasteiger partial charge is 0.106 e. The molecule has 0 aliphatic carbocycles. The van der Waals surface area contributed by atoms with Crippen molar-refractivity contribution in [2.45, 2.75) is 33.7 Å². The van der Waals surface area contributed by atoms with E-state index in [1.165, 1.54) is 16.6 Å². The summed E-state index contributed by atoms with van der Waals surface area (Å²) < 4.78 is 2.26. The molecule has 0 unspecified atom stereocenters. The predicted molar refractivity (Wildman–Crippen MR) is 74.9 cm³/mol. The summed E-state index contributed by atoms with van der Waals surface area (Å²) in [6.45, 7) is 8.01. The topological polar surface area (TPSA) is 43.8 Å². The van der Waals surface area contributed by atoms with Gasteiger partial charge in [0.25, 0.3) is 0 Å². The normalized spacial score (nSPS) is 10.6. The maximum atomic E-state index is 5.56. The van der Waals surface area contributed by atoms with E-state index in [0.29, 0.717) is 0 Å². The van der Waals surface area contributed by atoms with Crippen LogP contribution in [0.3, 0.4) is 0 Å². The largest absolute Gasteiger partial charge is 0.330 e. The SMILES string of the molecule is Cc1cc2nc(C)n(CCCN)c2cc1C.Cl. The summed E-state index contributed by atoms with van der Waals surface area (Å²) in [7, 11) is 0. The lowest BCUT2D eigenvalue weighted by molar-refractivity contribution is 0.649. The van der Waals surface area contributed by atoms with Gasteiger partial charge < -0.3 is 10.3 Å². The van der Waals surface area contributed by atoms with Crippen LogP contribution in [0.1, 0.15) is 23.4 Å². The number of fused-ring (bicyclic) bond motifs is 1. The highest BCUT2D eigenvalue weighted by Crippen LogP contribution is 2.20. The molecular weight excluding hydrogens is 234 g/mol. The molecule has 2 rings (SSSR count). The molecule has 3 nitrogen and oxygen atoms in total. The molecule has 0 saturated carbocycles. The predicted octanol–water partition coefficient (Wildman–Crippen LogP) is 2.73. The highest BCUT2D eigenvalue weighted by Gasteiger charge is 2.08. The lowest BCUT2D eigenvalue weighted by Gasteiger charge is -2.06. The van der Waals surface area contributed by atoms with Crippen molar-refractivity contribution < 1.29 is 0 Å². The average molecular weight is 254 g/mol. The molecule has 0 amide bonds. The van der Waals surface area contributed by atoms with Crippen molar-refractivity contribution in [3.63, 3.8) is 0 Å². The van der Waals surface area contributed by atoms with Crippen LogP contribution >= 0.6 is 12.4 Å². The molecule has 0 saturated heterocycles. The fraction of sp³-hybridized carbons (Fsp3) is 0.462. The van der Waals surface area contributed by atoms with Crippen LogP contribution in [0.5, 0.6) is 0 Å². The monoisotopic (exact) mass is 253 g/mol. The number of rotatable bonds is 3. The lowest BCUT2D eigenvalue weighted by atomic mass is 10.1.